The minimum absolute atomic E-state index is 0.0756. The minimum atomic E-state index is -0.0756. The number of carbonyl (C=O) groups is 1. The first-order chi connectivity index (χ1) is 9.79. The molecule has 1 aliphatic rings. The number of methoxy groups -OCH3 is 1. The second kappa shape index (κ2) is 5.13. The predicted molar refractivity (Wildman–Crippen MR) is 75.9 cm³/mol. The molecular weight excluding hydrogens is 254 g/mol. The topological polar surface area (TPSA) is 54.8 Å². The largest absolute Gasteiger partial charge is 0.494 e. The Morgan fingerprint density at radius 3 is 2.80 bits per heavy atom. The van der Waals surface area contributed by atoms with Gasteiger partial charge in [0, 0.05) is 18.0 Å². The first kappa shape index (κ1) is 12.3. The third-order valence-corrected chi connectivity index (χ3v) is 3.08. The molecule has 1 aromatic heterocycles. The van der Waals surface area contributed by atoms with Crippen LogP contribution in [-0.2, 0) is 4.79 Å². The fourth-order valence-electron chi connectivity index (χ4n) is 2.12. The van der Waals surface area contributed by atoms with Crippen molar-refractivity contribution in [2.75, 3.05) is 12.1 Å². The highest BCUT2D eigenvalue weighted by Gasteiger charge is 2.27. The number of aromatic nitrogens is 1. The first-order valence-electron chi connectivity index (χ1n) is 6.23. The van der Waals surface area contributed by atoms with Crippen LogP contribution >= 0.6 is 0 Å². The fourth-order valence-corrected chi connectivity index (χ4v) is 2.12. The summed E-state index contributed by atoms with van der Waals surface area (Å²) in [4.78, 5) is 16.2. The molecule has 0 atom stereocenters. The molecule has 0 N–H and O–H groups in total. The normalized spacial score (nSPS) is 14.3. The maximum Gasteiger partial charge on any atom is 0.253 e. The Bertz CT molecular complexity index is 668. The van der Waals surface area contributed by atoms with Crippen LogP contribution in [0.3, 0.4) is 0 Å². The number of hydrogen-bond donors (Lipinski definition) is 0. The smallest absolute Gasteiger partial charge is 0.253 e. The van der Waals surface area contributed by atoms with E-state index in [0.29, 0.717) is 17.1 Å². The lowest BCUT2D eigenvalue weighted by Gasteiger charge is -2.14. The average Bonchev–Trinajstić information content (AvgIpc) is 2.90. The summed E-state index contributed by atoms with van der Waals surface area (Å²) in [6, 6.07) is 11.0. The highest BCUT2D eigenvalue weighted by atomic mass is 16.5. The molecule has 3 rings (SSSR count). The zero-order valence-electron chi connectivity index (χ0n) is 11.0. The summed E-state index contributed by atoms with van der Waals surface area (Å²) in [6.07, 6.45) is 3.67. The summed E-state index contributed by atoms with van der Waals surface area (Å²) in [5, 5.41) is 5.79. The number of anilines is 1. The van der Waals surface area contributed by atoms with E-state index in [1.807, 2.05) is 30.3 Å². The van der Waals surface area contributed by atoms with E-state index in [4.69, 9.17) is 4.74 Å². The standard InChI is InChI=1S/C15H13N3O2/c1-20-14-7-3-2-6-13(14)18-15(19)9-12(17-18)11-5-4-8-16-10-11/h2-8,10H,9H2,1H3. The van der Waals surface area contributed by atoms with Gasteiger partial charge in [-0.2, -0.15) is 10.1 Å². The van der Waals surface area contributed by atoms with Crippen LogP contribution in [0.2, 0.25) is 0 Å². The number of ether oxygens (including phenoxy) is 1. The van der Waals surface area contributed by atoms with E-state index in [9.17, 15) is 4.79 Å². The van der Waals surface area contributed by atoms with Crippen LogP contribution in [0.5, 0.6) is 5.75 Å². The van der Waals surface area contributed by atoms with E-state index in [1.54, 1.807) is 25.6 Å². The van der Waals surface area contributed by atoms with Crippen molar-refractivity contribution in [3.05, 3.63) is 54.4 Å². The van der Waals surface area contributed by atoms with Crippen LogP contribution in [0.15, 0.2) is 53.9 Å². The van der Waals surface area contributed by atoms with Crippen LogP contribution in [-0.4, -0.2) is 23.7 Å². The zero-order valence-corrected chi connectivity index (χ0v) is 11.0. The summed E-state index contributed by atoms with van der Waals surface area (Å²) in [5.74, 6) is 0.547. The van der Waals surface area contributed by atoms with Crippen molar-refractivity contribution in [2.45, 2.75) is 6.42 Å². The number of hydrogen-bond acceptors (Lipinski definition) is 4. The molecule has 1 aliphatic heterocycles. The van der Waals surface area contributed by atoms with Crippen LogP contribution in [0.4, 0.5) is 5.69 Å². The molecule has 0 saturated heterocycles. The number of carbonyl (C=O) groups excluding carboxylic acids is 1. The number of para-hydroxylation sites is 2. The van der Waals surface area contributed by atoms with Crippen molar-refractivity contribution < 1.29 is 9.53 Å². The lowest BCUT2D eigenvalue weighted by molar-refractivity contribution is -0.116. The molecule has 5 nitrogen and oxygen atoms in total. The summed E-state index contributed by atoms with van der Waals surface area (Å²) in [5.41, 5.74) is 2.23. The molecule has 2 heterocycles. The third-order valence-electron chi connectivity index (χ3n) is 3.08. The highest BCUT2D eigenvalue weighted by Crippen LogP contribution is 2.31. The predicted octanol–water partition coefficient (Wildman–Crippen LogP) is 2.23. The van der Waals surface area contributed by atoms with Gasteiger partial charge in [0.05, 0.1) is 19.2 Å². The van der Waals surface area contributed by atoms with Crippen molar-refractivity contribution in [3.63, 3.8) is 0 Å². The van der Waals surface area contributed by atoms with Crippen LogP contribution in [0, 0.1) is 0 Å². The van der Waals surface area contributed by atoms with Crippen molar-refractivity contribution in [1.29, 1.82) is 0 Å². The molecule has 0 unspecified atom stereocenters. The molecular formula is C15H13N3O2. The van der Waals surface area contributed by atoms with Gasteiger partial charge in [-0.15, -0.1) is 0 Å². The zero-order chi connectivity index (χ0) is 13.9. The second-order valence-electron chi connectivity index (χ2n) is 4.34. The Hall–Kier alpha value is -2.69. The van der Waals surface area contributed by atoms with Crippen molar-refractivity contribution in [2.24, 2.45) is 5.10 Å². The van der Waals surface area contributed by atoms with Gasteiger partial charge < -0.3 is 4.74 Å². The van der Waals surface area contributed by atoms with E-state index in [2.05, 4.69) is 10.1 Å². The Balaban J connectivity index is 1.99. The van der Waals surface area contributed by atoms with Crippen LogP contribution in [0.25, 0.3) is 0 Å². The molecule has 0 saturated carbocycles. The van der Waals surface area contributed by atoms with Gasteiger partial charge >= 0.3 is 0 Å². The van der Waals surface area contributed by atoms with Gasteiger partial charge in [-0.25, -0.2) is 0 Å². The van der Waals surface area contributed by atoms with Gasteiger partial charge in [0.1, 0.15) is 11.4 Å². The second-order valence-corrected chi connectivity index (χ2v) is 4.34. The molecule has 0 spiro atoms. The summed E-state index contributed by atoms with van der Waals surface area (Å²) in [7, 11) is 1.57. The molecule has 100 valence electrons. The van der Waals surface area contributed by atoms with Crippen LogP contribution in [0.1, 0.15) is 12.0 Å². The number of hydrazone groups is 1. The summed E-state index contributed by atoms with van der Waals surface area (Å²) < 4.78 is 5.27. The quantitative estimate of drug-likeness (QED) is 0.857. The average molecular weight is 267 g/mol. The van der Waals surface area contributed by atoms with Gasteiger partial charge in [0.15, 0.2) is 0 Å². The highest BCUT2D eigenvalue weighted by molar-refractivity contribution is 6.19. The molecule has 1 amide bonds. The molecule has 20 heavy (non-hydrogen) atoms. The molecule has 0 aliphatic carbocycles. The van der Waals surface area contributed by atoms with Crippen LogP contribution < -0.4 is 9.75 Å². The Morgan fingerprint density at radius 2 is 2.05 bits per heavy atom. The van der Waals surface area contributed by atoms with E-state index in [1.165, 1.54) is 5.01 Å². The molecule has 2 aromatic rings. The van der Waals surface area contributed by atoms with Gasteiger partial charge in [0.2, 0.25) is 0 Å². The molecule has 1 aromatic carbocycles. The molecule has 5 heteroatoms. The van der Waals surface area contributed by atoms with E-state index < -0.39 is 0 Å². The Labute approximate surface area is 116 Å². The van der Waals surface area contributed by atoms with Crippen molar-refractivity contribution >= 4 is 17.3 Å². The van der Waals surface area contributed by atoms with Gasteiger partial charge in [-0.05, 0) is 24.3 Å². The molecule has 0 fully saturated rings. The number of nitrogens with zero attached hydrogens (tertiary/aromatic N) is 3. The number of benzene rings is 1. The third kappa shape index (κ3) is 2.14. The maximum absolute atomic E-state index is 12.2. The van der Waals surface area contributed by atoms with E-state index >= 15 is 0 Å². The van der Waals surface area contributed by atoms with E-state index in [0.717, 1.165) is 5.56 Å². The Kier molecular flexibility index (Phi) is 3.16. The SMILES string of the molecule is COc1ccccc1N1N=C(c2cccnc2)CC1=O. The van der Waals surface area contributed by atoms with Gasteiger partial charge in [0.25, 0.3) is 5.91 Å². The van der Waals surface area contributed by atoms with Crippen molar-refractivity contribution in [3.8, 4) is 5.75 Å². The molecule has 0 bridgehead atoms. The summed E-state index contributed by atoms with van der Waals surface area (Å²) in [6.45, 7) is 0. The van der Waals surface area contributed by atoms with Gasteiger partial charge in [-0.1, -0.05) is 12.1 Å². The lowest BCUT2D eigenvalue weighted by atomic mass is 10.1. The lowest BCUT2D eigenvalue weighted by Crippen LogP contribution is -2.20. The first-order valence-corrected chi connectivity index (χ1v) is 6.23. The van der Waals surface area contributed by atoms with Gasteiger partial charge in [-0.3, -0.25) is 9.78 Å². The van der Waals surface area contributed by atoms with Crippen molar-refractivity contribution in [1.82, 2.24) is 4.98 Å². The number of amides is 1. The number of pyridine rings is 1. The maximum atomic E-state index is 12.2. The summed E-state index contributed by atoms with van der Waals surface area (Å²) >= 11 is 0. The monoisotopic (exact) mass is 267 g/mol. The molecule has 0 radical (unpaired) electrons. The number of rotatable bonds is 3. The van der Waals surface area contributed by atoms with E-state index in [-0.39, 0.29) is 12.3 Å². The minimum Gasteiger partial charge on any atom is -0.494 e. The fraction of sp³-hybridized carbons (Fsp3) is 0.133. The Morgan fingerprint density at radius 1 is 1.20 bits per heavy atom.